The van der Waals surface area contributed by atoms with Gasteiger partial charge in [0.2, 0.25) is 5.91 Å². The fourth-order valence-electron chi connectivity index (χ4n) is 3.79. The summed E-state index contributed by atoms with van der Waals surface area (Å²) in [4.78, 5) is 30.9. The molecule has 146 valence electrons. The number of piperidine rings is 1. The van der Waals surface area contributed by atoms with Gasteiger partial charge in [-0.3, -0.25) is 9.59 Å². The van der Waals surface area contributed by atoms with Crippen LogP contribution in [0, 0.1) is 19.8 Å². The molecule has 2 aromatic heterocycles. The Balaban J connectivity index is 1.75. The van der Waals surface area contributed by atoms with Gasteiger partial charge in [0, 0.05) is 49.4 Å². The average molecular weight is 388 g/mol. The zero-order valence-electron chi connectivity index (χ0n) is 16.7. The average Bonchev–Trinajstić information content (AvgIpc) is 3.31. The van der Waals surface area contributed by atoms with Gasteiger partial charge in [-0.1, -0.05) is 0 Å². The van der Waals surface area contributed by atoms with Crippen molar-refractivity contribution in [1.82, 2.24) is 14.4 Å². The van der Waals surface area contributed by atoms with Crippen molar-refractivity contribution in [3.63, 3.8) is 0 Å². The molecule has 5 nitrogen and oxygen atoms in total. The van der Waals surface area contributed by atoms with E-state index < -0.39 is 0 Å². The molecule has 1 saturated heterocycles. The smallest absolute Gasteiger partial charge is 0.257 e. The van der Waals surface area contributed by atoms with Crippen molar-refractivity contribution in [2.45, 2.75) is 40.5 Å². The predicted molar refractivity (Wildman–Crippen MR) is 110 cm³/mol. The van der Waals surface area contributed by atoms with Crippen LogP contribution in [-0.2, 0) is 4.79 Å². The number of hydrogen-bond donors (Lipinski definition) is 0. The van der Waals surface area contributed by atoms with E-state index >= 15 is 0 Å². The van der Waals surface area contributed by atoms with E-state index in [-0.39, 0.29) is 17.7 Å². The molecule has 2 aromatic rings. The Morgan fingerprint density at radius 1 is 1.11 bits per heavy atom. The molecular weight excluding hydrogens is 358 g/mol. The minimum atomic E-state index is 0.0446. The number of aryl methyl sites for hydroxylation is 1. The van der Waals surface area contributed by atoms with Gasteiger partial charge in [-0.25, -0.2) is 0 Å². The Bertz CT molecular complexity index is 798. The Hall–Kier alpha value is -2.08. The molecule has 0 radical (unpaired) electrons. The van der Waals surface area contributed by atoms with Crippen molar-refractivity contribution < 1.29 is 9.59 Å². The van der Waals surface area contributed by atoms with E-state index in [0.717, 1.165) is 42.1 Å². The Morgan fingerprint density at radius 2 is 1.70 bits per heavy atom. The predicted octanol–water partition coefficient (Wildman–Crippen LogP) is 3.88. The molecule has 0 aromatic carbocycles. The summed E-state index contributed by atoms with van der Waals surface area (Å²) >= 11 is 1.66. The number of likely N-dealkylation sites (tertiary alicyclic amines) is 1. The molecule has 27 heavy (non-hydrogen) atoms. The van der Waals surface area contributed by atoms with Crippen LogP contribution in [0.15, 0.2) is 24.5 Å². The summed E-state index contributed by atoms with van der Waals surface area (Å²) in [7, 11) is 0. The highest BCUT2D eigenvalue weighted by Crippen LogP contribution is 2.33. The molecule has 0 bridgehead atoms. The summed E-state index contributed by atoms with van der Waals surface area (Å²) in [6.07, 6.45) is 5.47. The normalized spacial score (nSPS) is 15.2. The van der Waals surface area contributed by atoms with Crippen LogP contribution in [0.4, 0.5) is 0 Å². The first-order chi connectivity index (χ1) is 13.0. The van der Waals surface area contributed by atoms with Crippen LogP contribution >= 0.6 is 11.3 Å². The SMILES string of the molecule is CCN(CC)C(=O)C1CCN(C(=O)c2c(-n3cccc3)sc(C)c2C)CC1. The number of amides is 2. The highest BCUT2D eigenvalue weighted by atomic mass is 32.1. The Morgan fingerprint density at radius 3 is 2.26 bits per heavy atom. The first kappa shape index (κ1) is 19.7. The summed E-state index contributed by atoms with van der Waals surface area (Å²) in [6.45, 7) is 10.9. The maximum atomic E-state index is 13.3. The molecular formula is C21H29N3O2S. The molecule has 0 unspecified atom stereocenters. The lowest BCUT2D eigenvalue weighted by molar-refractivity contribution is -0.136. The molecule has 1 aliphatic heterocycles. The van der Waals surface area contributed by atoms with Gasteiger partial charge in [-0.15, -0.1) is 11.3 Å². The van der Waals surface area contributed by atoms with Gasteiger partial charge in [0.1, 0.15) is 5.00 Å². The fraction of sp³-hybridized carbons (Fsp3) is 0.524. The molecule has 0 N–H and O–H groups in total. The van der Waals surface area contributed by atoms with Crippen molar-refractivity contribution in [2.75, 3.05) is 26.2 Å². The zero-order valence-corrected chi connectivity index (χ0v) is 17.5. The fourth-order valence-corrected chi connectivity index (χ4v) is 4.91. The molecule has 3 heterocycles. The number of thiophene rings is 1. The minimum absolute atomic E-state index is 0.0446. The van der Waals surface area contributed by atoms with Crippen LogP contribution in [-0.4, -0.2) is 52.4 Å². The maximum Gasteiger partial charge on any atom is 0.257 e. The molecule has 0 atom stereocenters. The third-order valence-corrected chi connectivity index (χ3v) is 6.85. The lowest BCUT2D eigenvalue weighted by Gasteiger charge is -2.34. The second-order valence-corrected chi connectivity index (χ2v) is 8.33. The largest absolute Gasteiger partial charge is 0.343 e. The van der Waals surface area contributed by atoms with E-state index in [1.54, 1.807) is 11.3 Å². The Kier molecular flexibility index (Phi) is 6.05. The van der Waals surface area contributed by atoms with Crippen LogP contribution < -0.4 is 0 Å². The van der Waals surface area contributed by atoms with Gasteiger partial charge in [-0.05, 0) is 58.2 Å². The lowest BCUT2D eigenvalue weighted by Crippen LogP contribution is -2.44. The summed E-state index contributed by atoms with van der Waals surface area (Å²) in [5, 5.41) is 0.987. The van der Waals surface area contributed by atoms with Crippen molar-refractivity contribution in [3.05, 3.63) is 40.5 Å². The van der Waals surface area contributed by atoms with Crippen molar-refractivity contribution in [1.29, 1.82) is 0 Å². The van der Waals surface area contributed by atoms with E-state index in [0.29, 0.717) is 13.1 Å². The van der Waals surface area contributed by atoms with E-state index in [2.05, 4.69) is 6.92 Å². The molecule has 0 aliphatic carbocycles. The molecule has 0 spiro atoms. The van der Waals surface area contributed by atoms with Crippen LogP contribution in [0.25, 0.3) is 5.00 Å². The number of rotatable bonds is 5. The Labute approximate surface area is 165 Å². The lowest BCUT2D eigenvalue weighted by atomic mass is 9.94. The van der Waals surface area contributed by atoms with Gasteiger partial charge in [0.25, 0.3) is 5.91 Å². The summed E-state index contributed by atoms with van der Waals surface area (Å²) in [5.41, 5.74) is 1.87. The number of hydrogen-bond acceptors (Lipinski definition) is 3. The standard InChI is InChI=1S/C21H29N3O2S/c1-5-22(6-2)19(25)17-9-13-23(14-10-17)20(26)18-15(3)16(4)27-21(18)24-11-7-8-12-24/h7-8,11-12,17H,5-6,9-10,13-14H2,1-4H3. The number of nitrogens with zero attached hydrogens (tertiary/aromatic N) is 3. The molecule has 1 aliphatic rings. The first-order valence-electron chi connectivity index (χ1n) is 9.79. The van der Waals surface area contributed by atoms with Crippen LogP contribution in [0.2, 0.25) is 0 Å². The first-order valence-corrected chi connectivity index (χ1v) is 10.6. The van der Waals surface area contributed by atoms with Crippen molar-refractivity contribution >= 4 is 23.2 Å². The van der Waals surface area contributed by atoms with Crippen LogP contribution in [0.5, 0.6) is 0 Å². The number of carbonyl (C=O) groups excluding carboxylic acids is 2. The summed E-state index contributed by atoms with van der Waals surface area (Å²) in [6, 6.07) is 3.95. The third-order valence-electron chi connectivity index (χ3n) is 5.63. The van der Waals surface area contributed by atoms with Gasteiger partial charge in [0.15, 0.2) is 0 Å². The highest BCUT2D eigenvalue weighted by molar-refractivity contribution is 7.15. The van der Waals surface area contributed by atoms with Gasteiger partial charge in [-0.2, -0.15) is 0 Å². The zero-order chi connectivity index (χ0) is 19.6. The molecule has 6 heteroatoms. The topological polar surface area (TPSA) is 45.6 Å². The van der Waals surface area contributed by atoms with Gasteiger partial charge in [0.05, 0.1) is 5.56 Å². The number of carbonyl (C=O) groups is 2. The molecule has 3 rings (SSSR count). The monoisotopic (exact) mass is 387 g/mol. The second kappa shape index (κ2) is 8.30. The molecule has 0 saturated carbocycles. The van der Waals surface area contributed by atoms with Crippen molar-refractivity contribution in [2.24, 2.45) is 5.92 Å². The van der Waals surface area contributed by atoms with E-state index in [1.165, 1.54) is 4.88 Å². The third kappa shape index (κ3) is 3.81. The van der Waals surface area contributed by atoms with E-state index in [9.17, 15) is 9.59 Å². The van der Waals surface area contributed by atoms with Gasteiger partial charge >= 0.3 is 0 Å². The molecule has 1 fully saturated rings. The highest BCUT2D eigenvalue weighted by Gasteiger charge is 2.32. The second-order valence-electron chi connectivity index (χ2n) is 7.13. The number of aromatic nitrogens is 1. The molecule has 2 amide bonds. The van der Waals surface area contributed by atoms with Crippen LogP contribution in [0.1, 0.15) is 47.5 Å². The summed E-state index contributed by atoms with van der Waals surface area (Å²) in [5.74, 6) is 0.375. The van der Waals surface area contributed by atoms with E-state index in [4.69, 9.17) is 0 Å². The van der Waals surface area contributed by atoms with Crippen LogP contribution in [0.3, 0.4) is 0 Å². The van der Waals surface area contributed by atoms with Gasteiger partial charge < -0.3 is 14.4 Å². The quantitative estimate of drug-likeness (QED) is 0.782. The summed E-state index contributed by atoms with van der Waals surface area (Å²) < 4.78 is 2.02. The van der Waals surface area contributed by atoms with Crippen molar-refractivity contribution in [3.8, 4) is 5.00 Å². The minimum Gasteiger partial charge on any atom is -0.343 e. The maximum absolute atomic E-state index is 13.3. The van der Waals surface area contributed by atoms with E-state index in [1.807, 2.05) is 59.7 Å².